The Kier molecular flexibility index (Phi) is 1.47. The first-order valence-corrected chi connectivity index (χ1v) is 4.16. The molecular weight excluding hydrogens is 158 g/mol. The van der Waals surface area contributed by atoms with E-state index >= 15 is 0 Å². The van der Waals surface area contributed by atoms with Crippen LogP contribution in [0.2, 0.25) is 0 Å². The number of fused-ring (bicyclic) bond motifs is 1. The molecule has 0 unspecified atom stereocenters. The lowest BCUT2D eigenvalue weighted by molar-refractivity contribution is -0.496. The van der Waals surface area contributed by atoms with Gasteiger partial charge in [0.25, 0.3) is 0 Å². The van der Waals surface area contributed by atoms with Crippen molar-refractivity contribution in [3.8, 4) is 0 Å². The number of ether oxygens (including phenoxy) is 2. The first-order chi connectivity index (χ1) is 5.49. The molecule has 3 atom stereocenters. The van der Waals surface area contributed by atoms with E-state index in [0.717, 1.165) is 4.74 Å². The summed E-state index contributed by atoms with van der Waals surface area (Å²) in [6, 6.07) is -0.128. The molecule has 0 bridgehead atoms. The van der Waals surface area contributed by atoms with Crippen LogP contribution in [-0.4, -0.2) is 35.0 Å². The molecule has 0 aromatic heterocycles. The molecule has 2 heterocycles. The maximum atomic E-state index is 11.1. The molecule has 1 fully saturated rings. The van der Waals surface area contributed by atoms with Crippen molar-refractivity contribution in [1.82, 2.24) is 0 Å². The van der Waals surface area contributed by atoms with Gasteiger partial charge in [0.1, 0.15) is 0 Å². The van der Waals surface area contributed by atoms with Crippen molar-refractivity contribution >= 4 is 6.21 Å². The molecular formula is C8H13NO3. The van der Waals surface area contributed by atoms with Crippen molar-refractivity contribution in [1.29, 1.82) is 0 Å². The molecule has 68 valence electrons. The van der Waals surface area contributed by atoms with Gasteiger partial charge < -0.3 is 14.7 Å². The van der Waals surface area contributed by atoms with E-state index in [9.17, 15) is 5.21 Å². The summed E-state index contributed by atoms with van der Waals surface area (Å²) < 4.78 is 12.0. The molecule has 2 aliphatic rings. The fourth-order valence-corrected chi connectivity index (χ4v) is 1.73. The van der Waals surface area contributed by atoms with Crippen LogP contribution in [0.1, 0.15) is 20.8 Å². The molecule has 0 spiro atoms. The number of hydrogen-bond acceptors (Lipinski definition) is 3. The molecule has 1 saturated heterocycles. The fraction of sp³-hybridized carbons (Fsp3) is 0.875. The molecule has 12 heavy (non-hydrogen) atoms. The summed E-state index contributed by atoms with van der Waals surface area (Å²) in [4.78, 5) is 0. The Balaban J connectivity index is 2.19. The highest BCUT2D eigenvalue weighted by atomic mass is 16.8. The summed E-state index contributed by atoms with van der Waals surface area (Å²) in [5.74, 6) is -0.540. The lowest BCUT2D eigenvalue weighted by Crippen LogP contribution is -2.31. The summed E-state index contributed by atoms with van der Waals surface area (Å²) in [6.07, 6.45) is 1.29. The molecule has 2 rings (SSSR count). The molecule has 0 aromatic carbocycles. The minimum atomic E-state index is -0.540. The minimum absolute atomic E-state index is 0.0995. The molecule has 0 aromatic rings. The molecule has 0 amide bonds. The van der Waals surface area contributed by atoms with E-state index in [-0.39, 0.29) is 18.2 Å². The van der Waals surface area contributed by atoms with Crippen molar-refractivity contribution in [2.45, 2.75) is 44.8 Å². The molecule has 2 aliphatic heterocycles. The van der Waals surface area contributed by atoms with Gasteiger partial charge in [0, 0.05) is 6.92 Å². The second kappa shape index (κ2) is 2.20. The Morgan fingerprint density at radius 2 is 2.08 bits per heavy atom. The number of rotatable bonds is 0. The monoisotopic (exact) mass is 171 g/mol. The van der Waals surface area contributed by atoms with Gasteiger partial charge in [0.15, 0.2) is 30.3 Å². The van der Waals surface area contributed by atoms with Gasteiger partial charge in [-0.25, -0.2) is 4.74 Å². The summed E-state index contributed by atoms with van der Waals surface area (Å²) in [6.45, 7) is 5.57. The number of hydroxylamine groups is 1. The molecule has 0 radical (unpaired) electrons. The van der Waals surface area contributed by atoms with Crippen LogP contribution in [0.3, 0.4) is 0 Å². The highest BCUT2D eigenvalue weighted by Crippen LogP contribution is 2.32. The number of hydrogen-bond donors (Lipinski definition) is 0. The quantitative estimate of drug-likeness (QED) is 0.393. The van der Waals surface area contributed by atoms with Gasteiger partial charge in [0.2, 0.25) is 0 Å². The normalized spacial score (nSPS) is 44.2. The Morgan fingerprint density at radius 1 is 1.42 bits per heavy atom. The lowest BCUT2D eigenvalue weighted by atomic mass is 10.1. The largest absolute Gasteiger partial charge is 0.624 e. The van der Waals surface area contributed by atoms with Crippen molar-refractivity contribution in [3.63, 3.8) is 0 Å². The Bertz CT molecular complexity index is 236. The van der Waals surface area contributed by atoms with Gasteiger partial charge in [-0.1, -0.05) is 0 Å². The summed E-state index contributed by atoms with van der Waals surface area (Å²) in [5.41, 5.74) is 0. The van der Waals surface area contributed by atoms with Crippen molar-refractivity contribution in [2.75, 3.05) is 0 Å². The predicted molar refractivity (Wildman–Crippen MR) is 43.0 cm³/mol. The van der Waals surface area contributed by atoms with E-state index < -0.39 is 5.79 Å². The zero-order valence-electron chi connectivity index (χ0n) is 7.48. The average Bonchev–Trinajstić information content (AvgIpc) is 2.33. The maximum absolute atomic E-state index is 11.1. The topological polar surface area (TPSA) is 44.5 Å². The van der Waals surface area contributed by atoms with Crippen LogP contribution in [0.4, 0.5) is 0 Å². The smallest absolute Gasteiger partial charge is 0.189 e. The highest BCUT2D eigenvalue weighted by molar-refractivity contribution is 5.61. The number of nitrogens with zero attached hydrogens (tertiary/aromatic N) is 1. The highest BCUT2D eigenvalue weighted by Gasteiger charge is 2.51. The minimum Gasteiger partial charge on any atom is -0.624 e. The Morgan fingerprint density at radius 3 is 2.67 bits per heavy atom. The summed E-state index contributed by atoms with van der Waals surface area (Å²) in [5, 5.41) is 11.1. The summed E-state index contributed by atoms with van der Waals surface area (Å²) >= 11 is 0. The van der Waals surface area contributed by atoms with Crippen LogP contribution in [-0.2, 0) is 9.47 Å². The van der Waals surface area contributed by atoms with E-state index in [1.54, 1.807) is 6.21 Å². The zero-order chi connectivity index (χ0) is 8.93. The predicted octanol–water partition coefficient (Wildman–Crippen LogP) is 0.490. The average molecular weight is 171 g/mol. The third-order valence-electron chi connectivity index (χ3n) is 2.33. The maximum Gasteiger partial charge on any atom is 0.189 e. The van der Waals surface area contributed by atoms with Crippen LogP contribution in [0, 0.1) is 5.21 Å². The van der Waals surface area contributed by atoms with E-state index in [1.165, 1.54) is 0 Å². The fourth-order valence-electron chi connectivity index (χ4n) is 1.73. The second-order valence-electron chi connectivity index (χ2n) is 3.81. The van der Waals surface area contributed by atoms with E-state index in [0.29, 0.717) is 0 Å². The van der Waals surface area contributed by atoms with Gasteiger partial charge in [-0.15, -0.1) is 0 Å². The van der Waals surface area contributed by atoms with Gasteiger partial charge in [-0.3, -0.25) is 0 Å². The molecule has 0 N–H and O–H groups in total. The zero-order valence-corrected chi connectivity index (χ0v) is 7.48. The first-order valence-electron chi connectivity index (χ1n) is 4.16. The van der Waals surface area contributed by atoms with E-state index in [1.807, 2.05) is 20.8 Å². The third kappa shape index (κ3) is 1.03. The van der Waals surface area contributed by atoms with Gasteiger partial charge in [-0.2, -0.15) is 0 Å². The van der Waals surface area contributed by atoms with E-state index in [4.69, 9.17) is 9.47 Å². The Labute approximate surface area is 71.4 Å². The van der Waals surface area contributed by atoms with Gasteiger partial charge in [-0.05, 0) is 13.8 Å². The van der Waals surface area contributed by atoms with Crippen LogP contribution in [0.15, 0.2) is 0 Å². The first kappa shape index (κ1) is 8.01. The van der Waals surface area contributed by atoms with Crippen LogP contribution in [0.25, 0.3) is 0 Å². The third-order valence-corrected chi connectivity index (χ3v) is 2.33. The van der Waals surface area contributed by atoms with Crippen molar-refractivity contribution in [3.05, 3.63) is 5.21 Å². The molecule has 4 heteroatoms. The van der Waals surface area contributed by atoms with Crippen LogP contribution < -0.4 is 0 Å². The van der Waals surface area contributed by atoms with Crippen molar-refractivity contribution < 1.29 is 14.2 Å². The summed E-state index contributed by atoms with van der Waals surface area (Å²) in [7, 11) is 0. The van der Waals surface area contributed by atoms with Crippen LogP contribution in [0.5, 0.6) is 0 Å². The SMILES string of the molecule is C[C@H]1[C@H]2OC(C)(C)O[C@H]2C=[N+]1[O-]. The lowest BCUT2D eigenvalue weighted by Gasteiger charge is -2.19. The van der Waals surface area contributed by atoms with Gasteiger partial charge in [0.05, 0.1) is 0 Å². The second-order valence-corrected chi connectivity index (χ2v) is 3.81. The standard InChI is InChI=1S/C8H13NO3/c1-5-7-6(4-9(5)10)11-8(2,3)12-7/h4-7H,1-3H3/t5-,6-,7+/m0/s1. The van der Waals surface area contributed by atoms with Crippen molar-refractivity contribution in [2.24, 2.45) is 0 Å². The van der Waals surface area contributed by atoms with Crippen LogP contribution >= 0.6 is 0 Å². The van der Waals surface area contributed by atoms with E-state index in [2.05, 4.69) is 0 Å². The molecule has 0 aliphatic carbocycles. The molecule has 0 saturated carbocycles. The van der Waals surface area contributed by atoms with Gasteiger partial charge >= 0.3 is 0 Å². The Hall–Kier alpha value is -0.610. The molecule has 4 nitrogen and oxygen atoms in total.